The van der Waals surface area contributed by atoms with Gasteiger partial charge in [0.2, 0.25) is 0 Å². The molecule has 0 radical (unpaired) electrons. The van der Waals surface area contributed by atoms with Gasteiger partial charge in [-0.25, -0.2) is 13.2 Å². The summed E-state index contributed by atoms with van der Waals surface area (Å²) in [5, 5.41) is 7.24. The number of aromatic nitrogens is 3. The second-order valence-corrected chi connectivity index (χ2v) is 13.0. The Morgan fingerprint density at radius 3 is 2.23 bits per heavy atom. The molecule has 246 valence electrons. The first kappa shape index (κ1) is 31.4. The maximum atomic E-state index is 16.1. The number of hydrogen-bond donors (Lipinski definition) is 2. The van der Waals surface area contributed by atoms with Crippen molar-refractivity contribution in [2.45, 2.75) is 51.5 Å². The van der Waals surface area contributed by atoms with Crippen LogP contribution in [-0.4, -0.2) is 26.2 Å². The van der Waals surface area contributed by atoms with Crippen molar-refractivity contribution < 1.29 is 22.8 Å². The zero-order valence-electron chi connectivity index (χ0n) is 26.7. The molecule has 0 bridgehead atoms. The first-order chi connectivity index (χ1) is 23.0. The van der Waals surface area contributed by atoms with Gasteiger partial charge in [-0.15, -0.1) is 0 Å². The largest absolute Gasteiger partial charge is 0.365 e. The lowest BCUT2D eigenvalue weighted by molar-refractivity contribution is 0.0930. The number of carbonyl (C=O) groups excluding carboxylic acids is 2. The molecule has 3 N–H and O–H groups in total. The Balaban J connectivity index is 1.53. The molecule has 2 aliphatic carbocycles. The summed E-state index contributed by atoms with van der Waals surface area (Å²) >= 11 is 0. The van der Waals surface area contributed by atoms with Crippen LogP contribution in [0.25, 0.3) is 16.5 Å². The summed E-state index contributed by atoms with van der Waals surface area (Å²) in [6.07, 6.45) is 4.74. The molecule has 0 aliphatic heterocycles. The van der Waals surface area contributed by atoms with Gasteiger partial charge < -0.3 is 11.1 Å². The predicted octanol–water partition coefficient (Wildman–Crippen LogP) is 6.28. The molecule has 3 aromatic carbocycles. The summed E-state index contributed by atoms with van der Waals surface area (Å²) < 4.78 is 48.5. The maximum Gasteiger partial charge on any atom is 0.266 e. The average molecular weight is 654 g/mol. The zero-order valence-corrected chi connectivity index (χ0v) is 26.7. The van der Waals surface area contributed by atoms with Crippen LogP contribution in [0.4, 0.5) is 13.2 Å². The van der Waals surface area contributed by atoms with Crippen molar-refractivity contribution in [1.82, 2.24) is 19.7 Å². The fraction of sp³-hybridized carbons (Fsp3) is 0.297. The van der Waals surface area contributed by atoms with E-state index in [9.17, 15) is 18.8 Å². The van der Waals surface area contributed by atoms with Crippen molar-refractivity contribution in [3.63, 3.8) is 0 Å². The molecule has 0 unspecified atom stereocenters. The SMILES string of the molecule is Cc1nn(C)cc1-n1c(C)c(C(=O)N[C@H](c2cccc(F)c2)C2CC2)c2c([C@@H](c3cccc(F)c3C(N)=O)C3CC3)ccc(F)c2c1=O. The van der Waals surface area contributed by atoms with Crippen LogP contribution in [0, 0.1) is 43.1 Å². The summed E-state index contributed by atoms with van der Waals surface area (Å²) in [6, 6.07) is 12.4. The van der Waals surface area contributed by atoms with Crippen molar-refractivity contribution in [1.29, 1.82) is 0 Å². The number of halogens is 3. The molecule has 2 aliphatic rings. The molecule has 8 nitrogen and oxygen atoms in total. The molecule has 2 fully saturated rings. The third-order valence-corrected chi connectivity index (χ3v) is 9.65. The number of aryl methyl sites for hydroxylation is 2. The molecule has 2 atom stereocenters. The van der Waals surface area contributed by atoms with E-state index in [2.05, 4.69) is 10.4 Å². The number of rotatable bonds is 9. The van der Waals surface area contributed by atoms with Crippen LogP contribution in [0.15, 0.2) is 65.6 Å². The lowest BCUT2D eigenvalue weighted by atomic mass is 9.80. The monoisotopic (exact) mass is 653 g/mol. The number of fused-ring (bicyclic) bond motifs is 1. The topological polar surface area (TPSA) is 112 Å². The van der Waals surface area contributed by atoms with E-state index < -0.39 is 46.8 Å². The lowest BCUT2D eigenvalue weighted by Gasteiger charge is -2.26. The average Bonchev–Trinajstić information content (AvgIpc) is 3.96. The molecule has 11 heteroatoms. The summed E-state index contributed by atoms with van der Waals surface area (Å²) in [4.78, 5) is 41.7. The van der Waals surface area contributed by atoms with E-state index in [4.69, 9.17) is 5.73 Å². The Morgan fingerprint density at radius 2 is 1.60 bits per heavy atom. The van der Waals surface area contributed by atoms with Crippen molar-refractivity contribution in [2.24, 2.45) is 24.6 Å². The van der Waals surface area contributed by atoms with Gasteiger partial charge in [-0.3, -0.25) is 23.6 Å². The van der Waals surface area contributed by atoms with Crippen LogP contribution in [0.5, 0.6) is 0 Å². The molecular weight excluding hydrogens is 619 g/mol. The van der Waals surface area contributed by atoms with Crippen molar-refractivity contribution in [3.8, 4) is 5.69 Å². The summed E-state index contributed by atoms with van der Waals surface area (Å²) in [5.41, 5.74) is 7.18. The van der Waals surface area contributed by atoms with E-state index in [1.807, 2.05) is 0 Å². The molecule has 2 saturated carbocycles. The zero-order chi connectivity index (χ0) is 34.0. The summed E-state index contributed by atoms with van der Waals surface area (Å²) in [6.45, 7) is 3.33. The third-order valence-electron chi connectivity index (χ3n) is 9.65. The van der Waals surface area contributed by atoms with Crippen LogP contribution in [0.2, 0.25) is 0 Å². The van der Waals surface area contributed by atoms with Gasteiger partial charge in [0.15, 0.2) is 0 Å². The highest BCUT2D eigenvalue weighted by Gasteiger charge is 2.40. The van der Waals surface area contributed by atoms with Gasteiger partial charge in [0.25, 0.3) is 17.4 Å². The standard InChI is InChI=1S/C37H34F3N5O3/c1-18-28(17-44(3)43-18)45-19(2)29(36(47)42-34(21-12-13-21)22-6-4-7-23(38)16-22)32-25(14-15-27(40)33(32)37(45)48)30(20-10-11-20)24-8-5-9-26(39)31(24)35(41)46/h4-9,14-17,20-21,30,34H,10-13H2,1-3H3,(H2,41,46)(H,42,47)/t30-,34+/m1/s1. The highest BCUT2D eigenvalue weighted by Crippen LogP contribution is 2.50. The van der Waals surface area contributed by atoms with E-state index in [0.717, 1.165) is 31.7 Å². The van der Waals surface area contributed by atoms with Crippen LogP contribution in [0.1, 0.15) is 86.4 Å². The number of hydrogen-bond acceptors (Lipinski definition) is 4. The normalized spacial score (nSPS) is 15.8. The third kappa shape index (κ3) is 5.36. The number of amides is 2. The van der Waals surface area contributed by atoms with Crippen molar-refractivity contribution in [3.05, 3.63) is 128 Å². The van der Waals surface area contributed by atoms with Gasteiger partial charge in [-0.1, -0.05) is 30.3 Å². The number of pyridine rings is 1. The van der Waals surface area contributed by atoms with Gasteiger partial charge in [0.05, 0.1) is 33.9 Å². The Kier molecular flexibility index (Phi) is 7.72. The van der Waals surface area contributed by atoms with E-state index in [1.165, 1.54) is 39.6 Å². The molecule has 5 aromatic rings. The molecular formula is C37H34F3N5O3. The van der Waals surface area contributed by atoms with E-state index >= 15 is 8.78 Å². The molecule has 7 rings (SSSR count). The van der Waals surface area contributed by atoms with Crippen molar-refractivity contribution >= 4 is 22.6 Å². The number of nitrogens with zero attached hydrogens (tertiary/aromatic N) is 3. The van der Waals surface area contributed by atoms with E-state index in [1.54, 1.807) is 45.3 Å². The molecule has 2 heterocycles. The Bertz CT molecular complexity index is 2200. The Labute approximate surface area is 274 Å². The van der Waals surface area contributed by atoms with Gasteiger partial charge in [-0.2, -0.15) is 5.10 Å². The summed E-state index contributed by atoms with van der Waals surface area (Å²) in [7, 11) is 1.69. The number of benzene rings is 3. The minimum Gasteiger partial charge on any atom is -0.365 e. The fourth-order valence-corrected chi connectivity index (χ4v) is 7.24. The van der Waals surface area contributed by atoms with Gasteiger partial charge in [0, 0.05) is 30.2 Å². The van der Waals surface area contributed by atoms with Gasteiger partial charge >= 0.3 is 0 Å². The predicted molar refractivity (Wildman–Crippen MR) is 175 cm³/mol. The van der Waals surface area contributed by atoms with E-state index in [-0.39, 0.29) is 39.4 Å². The lowest BCUT2D eigenvalue weighted by Crippen LogP contribution is -2.34. The maximum absolute atomic E-state index is 16.1. The number of nitrogens with one attached hydrogen (secondary N) is 1. The second-order valence-electron chi connectivity index (χ2n) is 13.0. The smallest absolute Gasteiger partial charge is 0.266 e. The number of nitrogens with two attached hydrogens (primary N) is 1. The van der Waals surface area contributed by atoms with Crippen LogP contribution >= 0.6 is 0 Å². The fourth-order valence-electron chi connectivity index (χ4n) is 7.24. The quantitative estimate of drug-likeness (QED) is 0.195. The second kappa shape index (κ2) is 11.8. The molecule has 0 saturated heterocycles. The first-order valence-electron chi connectivity index (χ1n) is 16.0. The number of primary amides is 1. The molecule has 2 aromatic heterocycles. The van der Waals surface area contributed by atoms with E-state index in [0.29, 0.717) is 28.1 Å². The van der Waals surface area contributed by atoms with Gasteiger partial charge in [-0.05, 0) is 92.3 Å². The number of carbonyl (C=O) groups is 2. The minimum atomic E-state index is -0.953. The first-order valence-corrected chi connectivity index (χ1v) is 16.0. The van der Waals surface area contributed by atoms with Crippen molar-refractivity contribution in [2.75, 3.05) is 0 Å². The minimum absolute atomic E-state index is 0.0482. The Hall–Kier alpha value is -5.19. The molecule has 2 amide bonds. The van der Waals surface area contributed by atoms with Crippen LogP contribution < -0.4 is 16.6 Å². The Morgan fingerprint density at radius 1 is 0.896 bits per heavy atom. The molecule has 48 heavy (non-hydrogen) atoms. The molecule has 0 spiro atoms. The van der Waals surface area contributed by atoms with Gasteiger partial charge in [0.1, 0.15) is 17.5 Å². The highest BCUT2D eigenvalue weighted by molar-refractivity contribution is 6.10. The van der Waals surface area contributed by atoms with Crippen LogP contribution in [-0.2, 0) is 7.05 Å². The van der Waals surface area contributed by atoms with Crippen LogP contribution in [0.3, 0.4) is 0 Å². The summed E-state index contributed by atoms with van der Waals surface area (Å²) in [5.74, 6) is -4.28. The highest BCUT2D eigenvalue weighted by atomic mass is 19.1.